The second kappa shape index (κ2) is 20.3. The molecule has 0 aromatic carbocycles. The topological polar surface area (TPSA) is 63.0 Å². The average molecular weight is 104 g/mol. The molecule has 0 aliphatic carbocycles. The van der Waals surface area contributed by atoms with Crippen molar-refractivity contribution in [1.29, 1.82) is 0 Å². The zero-order valence-corrected chi connectivity index (χ0v) is 6.04. The van der Waals surface area contributed by atoms with Crippen molar-refractivity contribution in [1.82, 2.24) is 0 Å². The summed E-state index contributed by atoms with van der Waals surface area (Å²) in [6, 6.07) is 0. The normalized spacial score (nSPS) is 0. The zero-order chi connectivity index (χ0) is 0. The van der Waals surface area contributed by atoms with Crippen molar-refractivity contribution >= 4 is 60.8 Å². The van der Waals surface area contributed by atoms with Gasteiger partial charge in [0.15, 0.2) is 0 Å². The summed E-state index contributed by atoms with van der Waals surface area (Å²) in [5, 5.41) is 0. The summed E-state index contributed by atoms with van der Waals surface area (Å²) in [7, 11) is 0. The first-order valence-electron chi connectivity index (χ1n) is 0. The van der Waals surface area contributed by atoms with Crippen LogP contribution in [0.15, 0.2) is 0 Å². The molecular weight excluding hydrogens is 96.4 g/mol. The summed E-state index contributed by atoms with van der Waals surface area (Å²) in [6.45, 7) is 0. The van der Waals surface area contributed by atoms with Crippen molar-refractivity contribution in [3.8, 4) is 0 Å². The Morgan fingerprint density at radius 1 is 1.00 bits per heavy atom. The van der Waals surface area contributed by atoms with Gasteiger partial charge in [-0.3, -0.25) is 0 Å². The largest absolute Gasteiger partial charge is 2.00 e. The van der Waals surface area contributed by atoms with Crippen molar-refractivity contribution in [3.05, 3.63) is 0 Å². The molecule has 0 saturated heterocycles. The van der Waals surface area contributed by atoms with E-state index in [1.807, 2.05) is 0 Å². The molecule has 4 N–H and O–H groups in total. The van der Waals surface area contributed by atoms with E-state index < -0.39 is 0 Å². The van der Waals surface area contributed by atoms with Gasteiger partial charge in [0, 0.05) is 0 Å². The van der Waals surface area contributed by atoms with Gasteiger partial charge in [-0.25, -0.2) is 0 Å². The first kappa shape index (κ1) is 38.4. The molecule has 0 heterocycles. The molecule has 0 aromatic rings. The van der Waals surface area contributed by atoms with Crippen LogP contribution in [0.1, 0.15) is 5.71 Å². The van der Waals surface area contributed by atoms with E-state index in [9.17, 15) is 0 Å². The van der Waals surface area contributed by atoms with E-state index in [4.69, 9.17) is 0 Å². The Morgan fingerprint density at radius 2 is 1.00 bits per heavy atom. The van der Waals surface area contributed by atoms with E-state index in [0.717, 1.165) is 0 Å². The van der Waals surface area contributed by atoms with Gasteiger partial charge in [-0.2, -0.15) is 0 Å². The molecule has 0 amide bonds. The van der Waals surface area contributed by atoms with E-state index in [0.29, 0.717) is 0 Å². The average Bonchev–Trinajstić information content (AvgIpc) is 0. The van der Waals surface area contributed by atoms with Crippen molar-refractivity contribution in [2.75, 3.05) is 0 Å². The van der Waals surface area contributed by atoms with Crippen LogP contribution in [-0.2, 0) is 0 Å². The minimum absolute atomic E-state index is 0. The molecule has 0 saturated carbocycles. The van der Waals surface area contributed by atoms with Gasteiger partial charge < -0.3 is 16.7 Å². The van der Waals surface area contributed by atoms with E-state index in [1.165, 1.54) is 0 Å². The van der Waals surface area contributed by atoms with Crippen LogP contribution >= 0.6 is 0 Å². The molecule has 0 unspecified atom stereocenters. The Bertz CT molecular complexity index is 14.0. The van der Waals surface area contributed by atoms with Gasteiger partial charge in [0.1, 0.15) is 0 Å². The molecule has 2 nitrogen and oxygen atoms in total. The molecule has 0 rings (SSSR count). The van der Waals surface area contributed by atoms with Gasteiger partial charge in [0.2, 0.25) is 0 Å². The van der Waals surface area contributed by atoms with Crippen molar-refractivity contribution < 1.29 is 16.7 Å². The Labute approximate surface area is 76.7 Å². The van der Waals surface area contributed by atoms with Crippen LogP contribution in [0, 0.1) is 0 Å². The van der Waals surface area contributed by atoms with Crippen molar-refractivity contribution in [2.45, 2.75) is 0 Å². The second-order valence-electron chi connectivity index (χ2n) is 0. The predicted molar refractivity (Wildman–Crippen MR) is 23.2 cm³/mol. The van der Waals surface area contributed by atoms with Crippen LogP contribution < -0.4 is 0 Å². The third-order valence-corrected chi connectivity index (χ3v) is 0. The van der Waals surface area contributed by atoms with Crippen LogP contribution in [-0.4, -0.2) is 71.7 Å². The van der Waals surface area contributed by atoms with Gasteiger partial charge >= 0.3 is 60.8 Å². The minimum atomic E-state index is 0. The smallest absolute Gasteiger partial charge is 1.00 e. The molecule has 0 aliphatic heterocycles. The van der Waals surface area contributed by atoms with Crippen LogP contribution in [0.4, 0.5) is 0 Å². The van der Waals surface area contributed by atoms with Gasteiger partial charge in [0.25, 0.3) is 0 Å². The van der Waals surface area contributed by atoms with Crippen LogP contribution in [0.5, 0.6) is 0 Å². The van der Waals surface area contributed by atoms with E-state index in [2.05, 4.69) is 0 Å². The fourth-order valence-corrected chi connectivity index (χ4v) is 0. The van der Waals surface area contributed by atoms with Gasteiger partial charge in [-0.05, 0) is 0 Å². The van der Waals surface area contributed by atoms with Crippen LogP contribution in [0.25, 0.3) is 0 Å². The summed E-state index contributed by atoms with van der Waals surface area (Å²) in [4.78, 5) is 0. The van der Waals surface area contributed by atoms with Crippen LogP contribution in [0.3, 0.4) is 0 Å². The molecule has 0 radical (unpaired) electrons. The maximum absolute atomic E-state index is 0. The maximum atomic E-state index is 0. The molecule has 0 spiro atoms. The van der Waals surface area contributed by atoms with E-state index in [-0.39, 0.29) is 77.4 Å². The maximum Gasteiger partial charge on any atom is 2.00 e. The predicted octanol–water partition coefficient (Wildman–Crippen LogP) is -1.96. The molecule has 4 heteroatoms. The van der Waals surface area contributed by atoms with Gasteiger partial charge in [-0.15, -0.1) is 0 Å². The molecule has 0 bridgehead atoms. The van der Waals surface area contributed by atoms with Crippen molar-refractivity contribution in [2.24, 2.45) is 0 Å². The number of hydrogen-bond acceptors (Lipinski definition) is 0. The number of rotatable bonds is 0. The SMILES string of the molecule is O.O.[Ca+2].[H-].[H-].[H-].[H-].[Mg+2]. The Kier molecular flexibility index (Phi) is 195. The summed E-state index contributed by atoms with van der Waals surface area (Å²) in [5.74, 6) is 0. The third-order valence-electron chi connectivity index (χ3n) is 0. The molecule has 0 aromatic heterocycles. The van der Waals surface area contributed by atoms with E-state index in [1.54, 1.807) is 0 Å². The molecule has 4 heavy (non-hydrogen) atoms. The minimum Gasteiger partial charge on any atom is -1.00 e. The molecular formula is H8CaMgO2. The Balaban J connectivity index is 0. The molecule has 0 fully saturated rings. The Morgan fingerprint density at radius 3 is 1.00 bits per heavy atom. The standard InChI is InChI=1S/Ca.Mg.2H2O.4H/h;;2*1H2;;;;/q2*+2;;;4*-1. The zero-order valence-electron chi connectivity index (χ0n) is 6.41. The second-order valence-corrected chi connectivity index (χ2v) is 0. The first-order valence-corrected chi connectivity index (χ1v) is 0. The Hall–Kier alpha value is 1.95. The quantitative estimate of drug-likeness (QED) is 0.321. The summed E-state index contributed by atoms with van der Waals surface area (Å²) in [6.07, 6.45) is 0. The summed E-state index contributed by atoms with van der Waals surface area (Å²) < 4.78 is 0. The molecule has 0 atom stereocenters. The van der Waals surface area contributed by atoms with Gasteiger partial charge in [-0.1, -0.05) is 0 Å². The van der Waals surface area contributed by atoms with E-state index >= 15 is 0 Å². The first-order chi connectivity index (χ1) is 0. The fraction of sp³-hybridized carbons (Fsp3) is 0. The summed E-state index contributed by atoms with van der Waals surface area (Å²) >= 11 is 0. The van der Waals surface area contributed by atoms with Gasteiger partial charge in [0.05, 0.1) is 0 Å². The van der Waals surface area contributed by atoms with Crippen LogP contribution in [0.2, 0.25) is 0 Å². The third kappa shape index (κ3) is 9.04. The monoisotopic (exact) mass is 104 g/mol. The molecule has 24 valence electrons. The molecule has 0 aliphatic rings. The van der Waals surface area contributed by atoms with Crippen molar-refractivity contribution in [3.63, 3.8) is 0 Å². The summed E-state index contributed by atoms with van der Waals surface area (Å²) in [5.41, 5.74) is 0. The fourth-order valence-electron chi connectivity index (χ4n) is 0. The number of hydrogen-bond donors (Lipinski definition) is 0.